The molecule has 3 heteroatoms. The fraction of sp³-hybridized carbons (Fsp3) is 0.812. The van der Waals surface area contributed by atoms with Gasteiger partial charge in [0.25, 0.3) is 0 Å². The Balaban J connectivity index is 2.08. The molecule has 2 aliphatic rings. The van der Waals surface area contributed by atoms with E-state index in [9.17, 15) is 4.79 Å². The van der Waals surface area contributed by atoms with E-state index in [1.807, 2.05) is 13.0 Å². The van der Waals surface area contributed by atoms with E-state index < -0.39 is 0 Å². The van der Waals surface area contributed by atoms with Gasteiger partial charge in [0.1, 0.15) is 0 Å². The second-order valence-electron chi connectivity index (χ2n) is 6.26. The van der Waals surface area contributed by atoms with Crippen LogP contribution in [0.15, 0.2) is 11.6 Å². The molecule has 0 aromatic carbocycles. The van der Waals surface area contributed by atoms with Gasteiger partial charge in [0.2, 0.25) is 5.91 Å². The Bertz CT molecular complexity index is 362. The molecule has 2 atom stereocenters. The summed E-state index contributed by atoms with van der Waals surface area (Å²) in [5, 5.41) is 0. The SMILES string of the molecule is CC/C=C(\C)C(=O)N1CCC2CCC(C1)N2C(C)C. The van der Waals surface area contributed by atoms with E-state index >= 15 is 0 Å². The Hall–Kier alpha value is -0.830. The summed E-state index contributed by atoms with van der Waals surface area (Å²) >= 11 is 0. The first kappa shape index (κ1) is 14.6. The zero-order valence-electron chi connectivity index (χ0n) is 12.9. The quantitative estimate of drug-likeness (QED) is 0.732. The first-order valence-electron chi connectivity index (χ1n) is 7.78. The van der Waals surface area contributed by atoms with E-state index in [1.54, 1.807) is 0 Å². The van der Waals surface area contributed by atoms with Gasteiger partial charge in [-0.2, -0.15) is 0 Å². The van der Waals surface area contributed by atoms with Crippen LogP contribution < -0.4 is 0 Å². The van der Waals surface area contributed by atoms with Crippen LogP contribution in [0, 0.1) is 0 Å². The van der Waals surface area contributed by atoms with E-state index in [4.69, 9.17) is 0 Å². The number of fused-ring (bicyclic) bond motifs is 2. The number of allylic oxidation sites excluding steroid dienone is 1. The van der Waals surface area contributed by atoms with E-state index in [1.165, 1.54) is 12.8 Å². The normalized spacial score (nSPS) is 28.9. The number of amides is 1. The topological polar surface area (TPSA) is 23.6 Å². The predicted molar refractivity (Wildman–Crippen MR) is 79.0 cm³/mol. The largest absolute Gasteiger partial charge is 0.337 e. The maximum absolute atomic E-state index is 12.4. The average molecular weight is 264 g/mol. The van der Waals surface area contributed by atoms with Gasteiger partial charge in [-0.05, 0) is 46.5 Å². The van der Waals surface area contributed by atoms with Crippen LogP contribution in [0.2, 0.25) is 0 Å². The minimum absolute atomic E-state index is 0.248. The molecule has 2 aliphatic heterocycles. The molecule has 3 nitrogen and oxygen atoms in total. The van der Waals surface area contributed by atoms with Gasteiger partial charge in [-0.25, -0.2) is 0 Å². The molecule has 0 N–H and O–H groups in total. The van der Waals surface area contributed by atoms with Crippen molar-refractivity contribution in [3.63, 3.8) is 0 Å². The molecule has 0 radical (unpaired) electrons. The standard InChI is InChI=1S/C16H28N2O/c1-5-6-13(4)16(19)17-10-9-14-7-8-15(11-17)18(14)12(2)3/h6,12,14-15H,5,7-11H2,1-4H3/b13-6+. The number of nitrogens with zero attached hydrogens (tertiary/aromatic N) is 2. The van der Waals surface area contributed by atoms with Crippen LogP contribution in [0.25, 0.3) is 0 Å². The minimum atomic E-state index is 0.248. The molecule has 2 bridgehead atoms. The summed E-state index contributed by atoms with van der Waals surface area (Å²) in [5.74, 6) is 0.248. The van der Waals surface area contributed by atoms with Gasteiger partial charge in [-0.15, -0.1) is 0 Å². The van der Waals surface area contributed by atoms with Crippen molar-refractivity contribution < 1.29 is 4.79 Å². The zero-order chi connectivity index (χ0) is 14.0. The Kier molecular flexibility index (Phi) is 4.67. The third-order valence-electron chi connectivity index (χ3n) is 4.57. The highest BCUT2D eigenvalue weighted by Crippen LogP contribution is 2.32. The number of carbonyl (C=O) groups is 1. The number of likely N-dealkylation sites (tertiary alicyclic amines) is 1. The fourth-order valence-electron chi connectivity index (χ4n) is 3.78. The van der Waals surface area contributed by atoms with Gasteiger partial charge in [0.15, 0.2) is 0 Å². The molecule has 0 aromatic heterocycles. The van der Waals surface area contributed by atoms with E-state index in [2.05, 4.69) is 30.6 Å². The molecule has 0 aromatic rings. The Morgan fingerprint density at radius 3 is 2.58 bits per heavy atom. The van der Waals surface area contributed by atoms with E-state index in [0.29, 0.717) is 18.1 Å². The lowest BCUT2D eigenvalue weighted by atomic mass is 10.1. The smallest absolute Gasteiger partial charge is 0.249 e. The van der Waals surface area contributed by atoms with Crippen molar-refractivity contribution in [2.45, 2.75) is 71.5 Å². The number of hydrogen-bond acceptors (Lipinski definition) is 2. The van der Waals surface area contributed by atoms with Gasteiger partial charge < -0.3 is 4.90 Å². The van der Waals surface area contributed by atoms with Gasteiger partial charge in [0.05, 0.1) is 0 Å². The molecule has 108 valence electrons. The van der Waals surface area contributed by atoms with Crippen LogP contribution >= 0.6 is 0 Å². The maximum atomic E-state index is 12.4. The monoisotopic (exact) mass is 264 g/mol. The molecule has 2 rings (SSSR count). The van der Waals surface area contributed by atoms with Crippen molar-refractivity contribution in [3.8, 4) is 0 Å². The highest BCUT2D eigenvalue weighted by atomic mass is 16.2. The van der Waals surface area contributed by atoms with Gasteiger partial charge in [-0.1, -0.05) is 13.0 Å². The lowest BCUT2D eigenvalue weighted by Crippen LogP contribution is -2.44. The maximum Gasteiger partial charge on any atom is 0.249 e. The van der Waals surface area contributed by atoms with Crippen LogP contribution in [0.5, 0.6) is 0 Å². The number of carbonyl (C=O) groups excluding carboxylic acids is 1. The fourth-order valence-corrected chi connectivity index (χ4v) is 3.78. The Labute approximate surface area is 117 Å². The first-order valence-corrected chi connectivity index (χ1v) is 7.78. The average Bonchev–Trinajstić information content (AvgIpc) is 2.64. The van der Waals surface area contributed by atoms with Gasteiger partial charge >= 0.3 is 0 Å². The first-order chi connectivity index (χ1) is 9.04. The molecule has 2 fully saturated rings. The molecule has 1 amide bonds. The second kappa shape index (κ2) is 6.08. The van der Waals surface area contributed by atoms with E-state index in [-0.39, 0.29) is 5.91 Å². The van der Waals surface area contributed by atoms with Gasteiger partial charge in [0, 0.05) is 36.8 Å². The highest BCUT2D eigenvalue weighted by molar-refractivity contribution is 5.92. The zero-order valence-corrected chi connectivity index (χ0v) is 12.9. The van der Waals surface area contributed by atoms with Crippen LogP contribution in [0.1, 0.15) is 53.4 Å². The van der Waals surface area contributed by atoms with Crippen molar-refractivity contribution >= 4 is 5.91 Å². The Morgan fingerprint density at radius 1 is 1.26 bits per heavy atom. The lowest BCUT2D eigenvalue weighted by Gasteiger charge is -2.32. The van der Waals surface area contributed by atoms with Crippen molar-refractivity contribution in [2.24, 2.45) is 0 Å². The van der Waals surface area contributed by atoms with Crippen molar-refractivity contribution in [1.82, 2.24) is 9.80 Å². The van der Waals surface area contributed by atoms with Crippen molar-refractivity contribution in [1.29, 1.82) is 0 Å². The number of rotatable bonds is 3. The third kappa shape index (κ3) is 3.02. The Morgan fingerprint density at radius 2 is 1.95 bits per heavy atom. The van der Waals surface area contributed by atoms with Gasteiger partial charge in [-0.3, -0.25) is 9.69 Å². The van der Waals surface area contributed by atoms with Crippen LogP contribution in [-0.4, -0.2) is 46.9 Å². The lowest BCUT2D eigenvalue weighted by molar-refractivity contribution is -0.127. The molecule has 19 heavy (non-hydrogen) atoms. The summed E-state index contributed by atoms with van der Waals surface area (Å²) in [6.45, 7) is 10.5. The molecule has 2 saturated heterocycles. The minimum Gasteiger partial charge on any atom is -0.337 e. The molecular weight excluding hydrogens is 236 g/mol. The molecule has 2 unspecified atom stereocenters. The summed E-state index contributed by atoms with van der Waals surface area (Å²) < 4.78 is 0. The van der Waals surface area contributed by atoms with Crippen LogP contribution in [0.3, 0.4) is 0 Å². The molecule has 0 aliphatic carbocycles. The number of hydrogen-bond donors (Lipinski definition) is 0. The summed E-state index contributed by atoms with van der Waals surface area (Å²) in [5.41, 5.74) is 0.913. The molecule has 0 saturated carbocycles. The summed E-state index contributed by atoms with van der Waals surface area (Å²) in [6.07, 6.45) is 6.69. The summed E-state index contributed by atoms with van der Waals surface area (Å²) in [4.78, 5) is 17.2. The molecule has 2 heterocycles. The third-order valence-corrected chi connectivity index (χ3v) is 4.57. The summed E-state index contributed by atoms with van der Waals surface area (Å²) in [7, 11) is 0. The van der Waals surface area contributed by atoms with Crippen molar-refractivity contribution in [3.05, 3.63) is 11.6 Å². The summed E-state index contributed by atoms with van der Waals surface area (Å²) in [6, 6.07) is 1.86. The molecule has 0 spiro atoms. The van der Waals surface area contributed by atoms with Crippen LogP contribution in [0.4, 0.5) is 0 Å². The molecular formula is C16H28N2O. The highest BCUT2D eigenvalue weighted by Gasteiger charge is 2.39. The van der Waals surface area contributed by atoms with Crippen LogP contribution in [-0.2, 0) is 4.79 Å². The second-order valence-corrected chi connectivity index (χ2v) is 6.26. The predicted octanol–water partition coefficient (Wildman–Crippen LogP) is 2.82. The van der Waals surface area contributed by atoms with Crippen molar-refractivity contribution in [2.75, 3.05) is 13.1 Å². The van der Waals surface area contributed by atoms with E-state index in [0.717, 1.165) is 31.5 Å².